The van der Waals surface area contributed by atoms with Crippen LogP contribution in [-0.2, 0) is 4.79 Å². The topological polar surface area (TPSA) is 83.8 Å². The van der Waals surface area contributed by atoms with E-state index in [1.807, 2.05) is 60.0 Å². The number of hydrogen-bond acceptors (Lipinski definition) is 4. The Balaban J connectivity index is 1.39. The van der Waals surface area contributed by atoms with Crippen LogP contribution in [0.3, 0.4) is 0 Å². The molecule has 1 aliphatic rings. The fraction of sp³-hybridized carbons (Fsp3) is 0.120. The van der Waals surface area contributed by atoms with Crippen molar-refractivity contribution >= 4 is 29.2 Å². The first-order chi connectivity index (χ1) is 15.5. The molecule has 1 aliphatic heterocycles. The second kappa shape index (κ2) is 7.77. The lowest BCUT2D eigenvalue weighted by Crippen LogP contribution is -2.33. The third-order valence-corrected chi connectivity index (χ3v) is 5.53. The normalized spacial score (nSPS) is 13.0. The van der Waals surface area contributed by atoms with Crippen molar-refractivity contribution in [3.63, 3.8) is 0 Å². The molecule has 1 N–H and O–H groups in total. The summed E-state index contributed by atoms with van der Waals surface area (Å²) in [7, 11) is 0. The van der Waals surface area contributed by atoms with Gasteiger partial charge in [0.2, 0.25) is 5.91 Å². The van der Waals surface area contributed by atoms with Crippen LogP contribution < -0.4 is 5.32 Å². The Morgan fingerprint density at radius 1 is 0.938 bits per heavy atom. The Hall–Kier alpha value is -4.26. The first kappa shape index (κ1) is 19.7. The summed E-state index contributed by atoms with van der Waals surface area (Å²) in [6, 6.07) is 20.2. The highest BCUT2D eigenvalue weighted by Crippen LogP contribution is 2.29. The van der Waals surface area contributed by atoms with E-state index in [0.29, 0.717) is 22.6 Å². The predicted molar refractivity (Wildman–Crippen MR) is 120 cm³/mol. The molecule has 3 heterocycles. The molecule has 4 aromatic rings. The lowest BCUT2D eigenvalue weighted by molar-refractivity contribution is -0.116. The van der Waals surface area contributed by atoms with Gasteiger partial charge in [0.15, 0.2) is 0 Å². The molecule has 3 amide bonds. The number of carbonyl (C=O) groups is 3. The Morgan fingerprint density at radius 3 is 2.28 bits per heavy atom. The van der Waals surface area contributed by atoms with Gasteiger partial charge >= 0.3 is 0 Å². The van der Waals surface area contributed by atoms with Crippen LogP contribution >= 0.6 is 0 Å². The number of pyridine rings is 1. The maximum Gasteiger partial charge on any atom is 0.261 e. The van der Waals surface area contributed by atoms with Crippen LogP contribution in [0.1, 0.15) is 32.7 Å². The van der Waals surface area contributed by atoms with Gasteiger partial charge in [-0.15, -0.1) is 0 Å². The van der Waals surface area contributed by atoms with Gasteiger partial charge in [0.1, 0.15) is 17.2 Å². The quantitative estimate of drug-likeness (QED) is 0.492. The summed E-state index contributed by atoms with van der Waals surface area (Å²) in [5.74, 6) is -0.484. The van der Waals surface area contributed by atoms with Crippen molar-refractivity contribution in [2.75, 3.05) is 11.9 Å². The highest BCUT2D eigenvalue weighted by atomic mass is 16.2. The van der Waals surface area contributed by atoms with Gasteiger partial charge in [-0.3, -0.25) is 23.7 Å². The molecule has 5 rings (SSSR count). The molecule has 2 aromatic heterocycles. The number of benzene rings is 2. The highest BCUT2D eigenvalue weighted by Gasteiger charge is 2.35. The lowest BCUT2D eigenvalue weighted by Gasteiger charge is -2.14. The minimum Gasteiger partial charge on any atom is -0.310 e. The molecule has 0 atom stereocenters. The number of aromatic nitrogens is 2. The molecular formula is C25H20N4O3. The largest absolute Gasteiger partial charge is 0.310 e. The van der Waals surface area contributed by atoms with Crippen molar-refractivity contribution in [2.45, 2.75) is 13.3 Å². The van der Waals surface area contributed by atoms with E-state index in [4.69, 9.17) is 4.98 Å². The van der Waals surface area contributed by atoms with Crippen molar-refractivity contribution in [1.82, 2.24) is 14.3 Å². The van der Waals surface area contributed by atoms with Gasteiger partial charge in [0, 0.05) is 24.7 Å². The third kappa shape index (κ3) is 3.33. The van der Waals surface area contributed by atoms with Gasteiger partial charge in [-0.25, -0.2) is 4.98 Å². The van der Waals surface area contributed by atoms with Gasteiger partial charge in [-0.05, 0) is 36.8 Å². The average molecular weight is 424 g/mol. The molecule has 2 aromatic carbocycles. The summed E-state index contributed by atoms with van der Waals surface area (Å²) in [5.41, 5.74) is 4.07. The number of amides is 3. The monoisotopic (exact) mass is 424 g/mol. The second-order valence-electron chi connectivity index (χ2n) is 7.71. The first-order valence-corrected chi connectivity index (χ1v) is 10.3. The molecule has 158 valence electrons. The maximum atomic E-state index is 12.8. The highest BCUT2D eigenvalue weighted by molar-refractivity contribution is 6.21. The maximum absolute atomic E-state index is 12.8. The van der Waals surface area contributed by atoms with Gasteiger partial charge < -0.3 is 5.32 Å². The number of anilines is 1. The zero-order valence-electron chi connectivity index (χ0n) is 17.4. The van der Waals surface area contributed by atoms with Crippen molar-refractivity contribution < 1.29 is 14.4 Å². The summed E-state index contributed by atoms with van der Waals surface area (Å²) in [4.78, 5) is 43.8. The Bertz CT molecular complexity index is 1340. The van der Waals surface area contributed by atoms with Crippen LogP contribution in [0, 0.1) is 6.92 Å². The first-order valence-electron chi connectivity index (χ1n) is 10.3. The van der Waals surface area contributed by atoms with Crippen LogP contribution in [0.4, 0.5) is 5.82 Å². The van der Waals surface area contributed by atoms with Crippen LogP contribution in [-0.4, -0.2) is 38.6 Å². The molecule has 7 heteroatoms. The Labute approximate surface area is 184 Å². The fourth-order valence-corrected chi connectivity index (χ4v) is 3.91. The lowest BCUT2D eigenvalue weighted by atomic mass is 10.1. The molecule has 0 saturated carbocycles. The third-order valence-electron chi connectivity index (χ3n) is 5.53. The van der Waals surface area contributed by atoms with Gasteiger partial charge in [-0.2, -0.15) is 0 Å². The molecule has 0 saturated heterocycles. The van der Waals surface area contributed by atoms with E-state index in [1.54, 1.807) is 24.3 Å². The van der Waals surface area contributed by atoms with Crippen molar-refractivity contribution in [2.24, 2.45) is 0 Å². The second-order valence-corrected chi connectivity index (χ2v) is 7.71. The van der Waals surface area contributed by atoms with Gasteiger partial charge in [-0.1, -0.05) is 42.5 Å². The van der Waals surface area contributed by atoms with Crippen LogP contribution in [0.15, 0.2) is 72.9 Å². The smallest absolute Gasteiger partial charge is 0.261 e. The molecule has 0 aliphatic carbocycles. The number of nitrogens with zero attached hydrogens (tertiary/aromatic N) is 3. The molecule has 0 radical (unpaired) electrons. The average Bonchev–Trinajstić information content (AvgIpc) is 3.27. The zero-order chi connectivity index (χ0) is 22.2. The van der Waals surface area contributed by atoms with E-state index in [1.165, 1.54) is 0 Å². The standard InChI is InChI=1S/C25H20N4O3/c1-16-11-13-28-20(15-16)26-22(17-7-3-2-4-8-17)23(28)27-21(30)12-14-29-24(31)18-9-5-6-10-19(18)25(29)32/h2-11,13,15H,12,14H2,1H3,(H,27,30). The number of imide groups is 1. The summed E-state index contributed by atoms with van der Waals surface area (Å²) in [6.45, 7) is 1.99. The van der Waals surface area contributed by atoms with Crippen LogP contribution in [0.5, 0.6) is 0 Å². The number of fused-ring (bicyclic) bond motifs is 2. The summed E-state index contributed by atoms with van der Waals surface area (Å²) >= 11 is 0. The summed E-state index contributed by atoms with van der Waals surface area (Å²) in [6.07, 6.45) is 1.85. The number of nitrogens with one attached hydrogen (secondary N) is 1. The molecule has 0 bridgehead atoms. The van der Waals surface area contributed by atoms with E-state index < -0.39 is 0 Å². The molecule has 0 unspecified atom stereocenters. The minimum atomic E-state index is -0.367. The zero-order valence-corrected chi connectivity index (χ0v) is 17.4. The molecular weight excluding hydrogens is 404 g/mol. The number of imidazole rings is 1. The number of carbonyl (C=O) groups excluding carboxylic acids is 3. The van der Waals surface area contributed by atoms with E-state index >= 15 is 0 Å². The molecule has 7 nitrogen and oxygen atoms in total. The van der Waals surface area contributed by atoms with E-state index in [0.717, 1.165) is 21.7 Å². The van der Waals surface area contributed by atoms with E-state index in [-0.39, 0.29) is 30.7 Å². The van der Waals surface area contributed by atoms with Crippen LogP contribution in [0.2, 0.25) is 0 Å². The predicted octanol–water partition coefficient (Wildman–Crippen LogP) is 3.93. The Kier molecular flexibility index (Phi) is 4.78. The minimum absolute atomic E-state index is 0.00863. The Morgan fingerprint density at radius 2 is 1.59 bits per heavy atom. The SMILES string of the molecule is Cc1ccn2c(NC(=O)CCN3C(=O)c4ccccc4C3=O)c(-c3ccccc3)nc2c1. The molecule has 0 spiro atoms. The van der Waals surface area contributed by atoms with Gasteiger partial charge in [0.05, 0.1) is 11.1 Å². The van der Waals surface area contributed by atoms with E-state index in [2.05, 4.69) is 5.32 Å². The van der Waals surface area contributed by atoms with Crippen molar-refractivity contribution in [3.05, 3.63) is 89.6 Å². The van der Waals surface area contributed by atoms with E-state index in [9.17, 15) is 14.4 Å². The molecule has 32 heavy (non-hydrogen) atoms. The number of aryl methyl sites for hydroxylation is 1. The van der Waals surface area contributed by atoms with Crippen molar-refractivity contribution in [1.29, 1.82) is 0 Å². The summed E-state index contributed by atoms with van der Waals surface area (Å²) in [5, 5.41) is 2.94. The number of rotatable bonds is 5. The number of hydrogen-bond donors (Lipinski definition) is 1. The fourth-order valence-electron chi connectivity index (χ4n) is 3.91. The van der Waals surface area contributed by atoms with Crippen LogP contribution in [0.25, 0.3) is 16.9 Å². The van der Waals surface area contributed by atoms with Gasteiger partial charge in [0.25, 0.3) is 11.8 Å². The van der Waals surface area contributed by atoms with Crippen molar-refractivity contribution in [3.8, 4) is 11.3 Å². The molecule has 0 fully saturated rings. The summed E-state index contributed by atoms with van der Waals surface area (Å²) < 4.78 is 1.83.